The molecule has 8 nitrogen and oxygen atoms in total. The van der Waals surface area contributed by atoms with E-state index in [9.17, 15) is 13.2 Å². The Labute approximate surface area is 531 Å². The third-order valence-corrected chi connectivity index (χ3v) is 15.4. The minimum Gasteiger partial charge on any atom is -0.413 e. The summed E-state index contributed by atoms with van der Waals surface area (Å²) >= 11 is 0. The van der Waals surface area contributed by atoms with Gasteiger partial charge in [-0.2, -0.15) is 49.6 Å². The second-order valence-electron chi connectivity index (χ2n) is 20.9. The van der Waals surface area contributed by atoms with Gasteiger partial charge in [-0.25, -0.2) is 0 Å². The smallest absolute Gasteiger partial charge is 0.413 e. The van der Waals surface area contributed by atoms with Gasteiger partial charge in [0, 0.05) is 26.3 Å². The van der Waals surface area contributed by atoms with Crippen LogP contribution in [0.15, 0.2) is 303 Å². The van der Waals surface area contributed by atoms with Gasteiger partial charge in [-0.3, -0.25) is 19.2 Å². The van der Waals surface area contributed by atoms with Gasteiger partial charge in [0.2, 0.25) is 0 Å². The van der Waals surface area contributed by atoms with Crippen molar-refractivity contribution in [3.05, 3.63) is 334 Å². The molecule has 0 saturated carbocycles. The fourth-order valence-electron chi connectivity index (χ4n) is 11.4. The number of hydrogen-bond acceptors (Lipinski definition) is 3. The summed E-state index contributed by atoms with van der Waals surface area (Å²) < 4.78 is 45.2. The standard InChI is InChI=1S/2C35H23N2.C8H4F3N4.Ir/c2*1-3-15-28(16-4-1)34-35(29-17-5-2-6-18-29)37(33-24-12-20-27-14-8-10-22-31(27)33)25-36(34)32-23-11-19-26-13-7-9-21-30(26)32;9-8(10,11)7-13-6(14-15-7)5-3-1-2-4-12-5;/h2*1-23H;1-4H;/q3*-1;. The Bertz CT molecular complexity index is 4550. The van der Waals surface area contributed by atoms with Crippen LogP contribution in [0.2, 0.25) is 0 Å². The first-order chi connectivity index (χ1) is 43.8. The Balaban J connectivity index is 0.000000134. The van der Waals surface area contributed by atoms with Crippen LogP contribution >= 0.6 is 0 Å². The van der Waals surface area contributed by atoms with Crippen molar-refractivity contribution < 1.29 is 42.4 Å². The number of pyridine rings is 1. The van der Waals surface area contributed by atoms with E-state index >= 15 is 0 Å². The number of alkyl halides is 3. The van der Waals surface area contributed by atoms with Crippen molar-refractivity contribution in [3.8, 4) is 79.3 Å². The molecule has 16 aromatic rings. The molecule has 0 fully saturated rings. The van der Waals surface area contributed by atoms with Gasteiger partial charge >= 0.3 is 6.18 Å². The zero-order valence-electron chi connectivity index (χ0n) is 47.9. The third kappa shape index (κ3) is 11.5. The van der Waals surface area contributed by atoms with Gasteiger partial charge in [-0.15, -0.1) is 33.7 Å². The molecular weight excluding hydrogens is 1300 g/mol. The molecule has 12 aromatic carbocycles. The first-order valence-electron chi connectivity index (χ1n) is 28.9. The van der Waals surface area contributed by atoms with Gasteiger partial charge in [0.05, 0.1) is 39.8 Å². The van der Waals surface area contributed by atoms with Gasteiger partial charge in [0.25, 0.3) is 12.7 Å². The minimum atomic E-state index is -4.57. The molecular formula is C78H50F3IrN8-3. The molecule has 4 heterocycles. The molecule has 0 saturated heterocycles. The summed E-state index contributed by atoms with van der Waals surface area (Å²) in [4.78, 5) is 7.05. The summed E-state index contributed by atoms with van der Waals surface area (Å²) in [5.74, 6) is -1.37. The number of halogens is 3. The van der Waals surface area contributed by atoms with Crippen LogP contribution in [0, 0.1) is 24.8 Å². The van der Waals surface area contributed by atoms with Crippen molar-refractivity contribution >= 4 is 43.1 Å². The van der Waals surface area contributed by atoms with Crippen molar-refractivity contribution in [3.63, 3.8) is 0 Å². The van der Waals surface area contributed by atoms with E-state index in [1.807, 2.05) is 12.1 Å². The van der Waals surface area contributed by atoms with E-state index in [0.29, 0.717) is 0 Å². The van der Waals surface area contributed by atoms with Gasteiger partial charge < -0.3 is 19.2 Å². The summed E-state index contributed by atoms with van der Waals surface area (Å²) in [6.07, 6.45) is 4.41. The monoisotopic (exact) mass is 1350 g/mol. The summed E-state index contributed by atoms with van der Waals surface area (Å²) in [7, 11) is 0. The fraction of sp³-hybridized carbons (Fsp3) is 0.0128. The van der Waals surface area contributed by atoms with Gasteiger partial charge in [-0.05, 0) is 85.3 Å². The number of imidazole rings is 2. The summed E-state index contributed by atoms with van der Waals surface area (Å²) in [5, 5.41) is 15.6. The van der Waals surface area contributed by atoms with Crippen molar-refractivity contribution in [2.75, 3.05) is 0 Å². The molecule has 0 aliphatic heterocycles. The van der Waals surface area contributed by atoms with E-state index in [0.717, 1.165) is 78.6 Å². The molecule has 435 valence electrons. The van der Waals surface area contributed by atoms with E-state index in [1.165, 1.54) is 44.6 Å². The van der Waals surface area contributed by atoms with Gasteiger partial charge in [0.15, 0.2) is 0 Å². The normalized spacial score (nSPS) is 11.2. The number of benzene rings is 12. The average Bonchev–Trinajstić information content (AvgIpc) is 1.63. The SMILES string of the molecule is FC(F)(F)c1n[n-]c(-c2ccccn2)n1.[Ir].[c-]1ccc2ccccc2c1-n1[c-][n+](-c2cccc3ccccc23)c(-c2ccccc2)c1-c1ccccc1.[c-]1ccc2ccccc2c1-n1[c-][n+](-c2cccc3ccccc23)c(-c2ccccc2)c1-c1ccccc1. The van der Waals surface area contributed by atoms with Crippen LogP contribution < -0.4 is 14.2 Å². The Hall–Kier alpha value is -11.2. The number of fused-ring (bicyclic) bond motifs is 4. The maximum Gasteiger partial charge on any atom is 0.429 e. The van der Waals surface area contributed by atoms with E-state index in [4.69, 9.17) is 0 Å². The molecule has 0 amide bonds. The Morgan fingerprint density at radius 2 is 0.744 bits per heavy atom. The summed E-state index contributed by atoms with van der Waals surface area (Å²) in [6, 6.07) is 109. The van der Waals surface area contributed by atoms with E-state index in [2.05, 4.69) is 330 Å². The molecule has 4 aromatic heterocycles. The molecule has 0 N–H and O–H groups in total. The van der Waals surface area contributed by atoms with E-state index < -0.39 is 12.0 Å². The van der Waals surface area contributed by atoms with Crippen LogP contribution in [0.3, 0.4) is 0 Å². The Kier molecular flexibility index (Phi) is 16.5. The van der Waals surface area contributed by atoms with Crippen LogP contribution in [0.25, 0.3) is 122 Å². The Morgan fingerprint density at radius 3 is 1.14 bits per heavy atom. The summed E-state index contributed by atoms with van der Waals surface area (Å²) in [5.41, 5.74) is 13.2. The number of aromatic nitrogens is 8. The largest absolute Gasteiger partial charge is 0.429 e. The molecule has 0 atom stereocenters. The zero-order valence-corrected chi connectivity index (χ0v) is 50.3. The van der Waals surface area contributed by atoms with Crippen LogP contribution in [0.4, 0.5) is 13.2 Å². The molecule has 16 rings (SSSR count). The van der Waals surface area contributed by atoms with Crippen LogP contribution in [0.5, 0.6) is 0 Å². The molecule has 0 aliphatic rings. The maximum atomic E-state index is 12.1. The second-order valence-corrected chi connectivity index (χ2v) is 20.9. The second kappa shape index (κ2) is 25.7. The predicted molar refractivity (Wildman–Crippen MR) is 345 cm³/mol. The first-order valence-corrected chi connectivity index (χ1v) is 28.9. The molecule has 90 heavy (non-hydrogen) atoms. The fourth-order valence-corrected chi connectivity index (χ4v) is 11.4. The average molecular weight is 1350 g/mol. The number of hydrogen-bond donors (Lipinski definition) is 0. The van der Waals surface area contributed by atoms with E-state index in [-0.39, 0.29) is 31.6 Å². The minimum absolute atomic E-state index is 0. The van der Waals surface area contributed by atoms with Crippen LogP contribution in [0.1, 0.15) is 5.82 Å². The van der Waals surface area contributed by atoms with Crippen molar-refractivity contribution in [2.45, 2.75) is 6.18 Å². The zero-order chi connectivity index (χ0) is 60.1. The maximum absolute atomic E-state index is 12.1. The summed E-state index contributed by atoms with van der Waals surface area (Å²) in [6.45, 7) is 0. The van der Waals surface area contributed by atoms with Gasteiger partial charge in [-0.1, -0.05) is 237 Å². The number of nitrogens with zero attached hydrogens (tertiary/aromatic N) is 8. The molecule has 1 radical (unpaired) electrons. The van der Waals surface area contributed by atoms with E-state index in [1.54, 1.807) is 12.1 Å². The molecule has 0 spiro atoms. The van der Waals surface area contributed by atoms with Gasteiger partial charge in [0.1, 0.15) is 5.82 Å². The topological polar surface area (TPSA) is 70.4 Å². The van der Waals surface area contributed by atoms with Crippen molar-refractivity contribution in [1.82, 2.24) is 29.3 Å². The van der Waals surface area contributed by atoms with Crippen molar-refractivity contribution in [2.24, 2.45) is 0 Å². The molecule has 0 bridgehead atoms. The molecule has 12 heteroatoms. The third-order valence-electron chi connectivity index (χ3n) is 15.4. The van der Waals surface area contributed by atoms with Crippen LogP contribution in [-0.4, -0.2) is 24.2 Å². The Morgan fingerprint density at radius 1 is 0.378 bits per heavy atom. The molecule has 0 aliphatic carbocycles. The quantitative estimate of drug-likeness (QED) is 0.107. The number of rotatable bonds is 9. The predicted octanol–water partition coefficient (Wildman–Crippen LogP) is 17.5. The molecule has 0 unspecified atom stereocenters. The first kappa shape index (κ1) is 57.9. The van der Waals surface area contributed by atoms with Crippen LogP contribution in [-0.2, 0) is 26.3 Å². The van der Waals surface area contributed by atoms with Crippen molar-refractivity contribution in [1.29, 1.82) is 0 Å².